The molecule has 150 valence electrons. The molecule has 1 aliphatic heterocycles. The molecule has 2 aromatic carbocycles. The molecule has 0 amide bonds. The Balaban J connectivity index is 1.60. The molecular weight excluding hydrogens is 402 g/mol. The first-order valence-corrected chi connectivity index (χ1v) is 10.0. The van der Waals surface area contributed by atoms with Crippen molar-refractivity contribution in [2.75, 3.05) is 13.4 Å². The van der Waals surface area contributed by atoms with Crippen LogP contribution in [0.5, 0.6) is 11.5 Å². The topological polar surface area (TPSA) is 57.7 Å². The van der Waals surface area contributed by atoms with Gasteiger partial charge in [0.25, 0.3) is 0 Å². The minimum atomic E-state index is -0.407. The number of carbonyl (C=O) groups excluding carboxylic acids is 1. The molecule has 0 N–H and O–H groups in total. The summed E-state index contributed by atoms with van der Waals surface area (Å²) in [4.78, 5) is 17.8. The van der Waals surface area contributed by atoms with Gasteiger partial charge in [-0.3, -0.25) is 0 Å². The molecular formula is C24H18ClNO4. The van der Waals surface area contributed by atoms with Gasteiger partial charge in [-0.05, 0) is 53.8 Å². The molecule has 0 saturated heterocycles. The molecule has 0 bridgehead atoms. The molecule has 0 radical (unpaired) electrons. The van der Waals surface area contributed by atoms with E-state index in [1.54, 1.807) is 0 Å². The van der Waals surface area contributed by atoms with Crippen LogP contribution < -0.4 is 9.47 Å². The van der Waals surface area contributed by atoms with Gasteiger partial charge in [0.05, 0.1) is 16.8 Å². The van der Waals surface area contributed by atoms with E-state index in [1.165, 1.54) is 0 Å². The third-order valence-corrected chi connectivity index (χ3v) is 5.35. The zero-order valence-corrected chi connectivity index (χ0v) is 16.9. The van der Waals surface area contributed by atoms with E-state index in [4.69, 9.17) is 30.8 Å². The number of nitrogens with zero attached hydrogens (tertiary/aromatic N) is 1. The van der Waals surface area contributed by atoms with Crippen LogP contribution in [0, 0.1) is 0 Å². The monoisotopic (exact) mass is 419 g/mol. The predicted molar refractivity (Wildman–Crippen MR) is 116 cm³/mol. The lowest BCUT2D eigenvalue weighted by atomic mass is 10.0. The fourth-order valence-corrected chi connectivity index (χ4v) is 3.99. The van der Waals surface area contributed by atoms with Crippen LogP contribution in [0.1, 0.15) is 33.6 Å². The van der Waals surface area contributed by atoms with Crippen LogP contribution in [0.2, 0.25) is 0 Å². The van der Waals surface area contributed by atoms with Crippen molar-refractivity contribution in [1.29, 1.82) is 0 Å². The molecule has 6 heteroatoms. The molecule has 0 unspecified atom stereocenters. The molecule has 0 fully saturated rings. The Morgan fingerprint density at radius 3 is 2.87 bits per heavy atom. The summed E-state index contributed by atoms with van der Waals surface area (Å²) in [6.45, 7) is 3.81. The average Bonchev–Trinajstić information content (AvgIpc) is 3.37. The van der Waals surface area contributed by atoms with E-state index in [2.05, 4.69) is 12.7 Å². The minimum absolute atomic E-state index is 0.0221. The number of para-hydroxylation sites is 1. The number of aromatic nitrogens is 1. The lowest BCUT2D eigenvalue weighted by Crippen LogP contribution is -2.11. The lowest BCUT2D eigenvalue weighted by molar-refractivity contribution is 0.0547. The minimum Gasteiger partial charge on any atom is -0.456 e. The zero-order valence-electron chi connectivity index (χ0n) is 16.1. The average molecular weight is 420 g/mol. The molecule has 1 aliphatic carbocycles. The first kappa shape index (κ1) is 18.7. The second-order valence-electron chi connectivity index (χ2n) is 7.21. The number of hydrogen-bond donors (Lipinski definition) is 0. The maximum atomic E-state index is 12.9. The number of rotatable bonds is 4. The molecule has 2 heterocycles. The number of allylic oxidation sites excluding steroid dienone is 1. The Hall–Kier alpha value is -3.31. The molecule has 1 aromatic heterocycles. The number of hydrogen-bond acceptors (Lipinski definition) is 5. The fraction of sp³-hybridized carbons (Fsp3) is 0.167. The van der Waals surface area contributed by atoms with Crippen LogP contribution in [0.3, 0.4) is 0 Å². The van der Waals surface area contributed by atoms with Gasteiger partial charge in [0, 0.05) is 10.4 Å². The van der Waals surface area contributed by atoms with Crippen molar-refractivity contribution >= 4 is 40.1 Å². The van der Waals surface area contributed by atoms with E-state index in [0.29, 0.717) is 5.56 Å². The maximum Gasteiger partial charge on any atom is 0.339 e. The Kier molecular flexibility index (Phi) is 4.68. The summed E-state index contributed by atoms with van der Waals surface area (Å²) in [6.07, 6.45) is 3.59. The highest BCUT2D eigenvalue weighted by molar-refractivity contribution is 6.29. The van der Waals surface area contributed by atoms with Crippen molar-refractivity contribution in [3.8, 4) is 11.5 Å². The van der Waals surface area contributed by atoms with Gasteiger partial charge in [-0.15, -0.1) is 0 Å². The number of esters is 1. The summed E-state index contributed by atoms with van der Waals surface area (Å²) >= 11 is 5.79. The summed E-state index contributed by atoms with van der Waals surface area (Å²) < 4.78 is 16.2. The van der Waals surface area contributed by atoms with Crippen LogP contribution in [0.4, 0.5) is 0 Å². The van der Waals surface area contributed by atoms with Gasteiger partial charge in [-0.1, -0.05) is 42.4 Å². The first-order chi connectivity index (χ1) is 14.6. The van der Waals surface area contributed by atoms with Gasteiger partial charge in [0.2, 0.25) is 6.79 Å². The lowest BCUT2D eigenvalue weighted by Gasteiger charge is -2.12. The number of carbonyl (C=O) groups is 1. The van der Waals surface area contributed by atoms with E-state index in [-0.39, 0.29) is 18.4 Å². The Morgan fingerprint density at radius 1 is 1.17 bits per heavy atom. The predicted octanol–water partition coefficient (Wildman–Crippen LogP) is 5.36. The molecule has 2 aliphatic rings. The van der Waals surface area contributed by atoms with Crippen LogP contribution >= 0.6 is 11.6 Å². The smallest absolute Gasteiger partial charge is 0.339 e. The third kappa shape index (κ3) is 3.31. The van der Waals surface area contributed by atoms with Crippen LogP contribution in [-0.2, 0) is 11.2 Å². The largest absolute Gasteiger partial charge is 0.456 e. The standard InChI is InChI=1S/C24H18ClNO4/c1-14(25)12-28-24(27)22-17-4-2-3-5-19(17)26-23-16(7-8-18(22)23)10-15-6-9-20-21(11-15)30-13-29-20/h2-6,9-11H,1,7-8,12-13H2/b16-10+. The normalized spacial score (nSPS) is 15.4. The number of pyridine rings is 1. The molecule has 0 spiro atoms. The molecule has 0 atom stereocenters. The third-order valence-electron chi connectivity index (χ3n) is 5.24. The maximum absolute atomic E-state index is 12.9. The number of benzene rings is 2. The van der Waals surface area contributed by atoms with Crippen LogP contribution in [0.25, 0.3) is 22.6 Å². The summed E-state index contributed by atoms with van der Waals surface area (Å²) in [6, 6.07) is 13.5. The van der Waals surface area contributed by atoms with Crippen molar-refractivity contribution in [2.45, 2.75) is 12.8 Å². The van der Waals surface area contributed by atoms with Gasteiger partial charge in [0.15, 0.2) is 11.5 Å². The SMILES string of the molecule is C=C(Cl)COC(=O)c1c2c(nc3ccccc13)/C(=C/c1ccc3c(c1)OCO3)CC2. The molecule has 0 saturated carbocycles. The molecule has 5 rings (SSSR count). The number of halogens is 1. The summed E-state index contributed by atoms with van der Waals surface area (Å²) in [5, 5.41) is 1.06. The second kappa shape index (κ2) is 7.50. The molecule has 30 heavy (non-hydrogen) atoms. The highest BCUT2D eigenvalue weighted by Crippen LogP contribution is 2.39. The zero-order chi connectivity index (χ0) is 20.7. The van der Waals surface area contributed by atoms with Gasteiger partial charge in [0.1, 0.15) is 6.61 Å². The van der Waals surface area contributed by atoms with Gasteiger partial charge in [-0.2, -0.15) is 0 Å². The molecule has 5 nitrogen and oxygen atoms in total. The van der Waals surface area contributed by atoms with E-state index < -0.39 is 5.97 Å². The van der Waals surface area contributed by atoms with E-state index in [1.807, 2.05) is 42.5 Å². The highest BCUT2D eigenvalue weighted by atomic mass is 35.5. The van der Waals surface area contributed by atoms with Gasteiger partial charge >= 0.3 is 5.97 Å². The van der Waals surface area contributed by atoms with Gasteiger partial charge < -0.3 is 14.2 Å². The number of ether oxygens (including phenoxy) is 3. The first-order valence-electron chi connectivity index (χ1n) is 9.63. The quantitative estimate of drug-likeness (QED) is 0.533. The van der Waals surface area contributed by atoms with Crippen molar-refractivity contribution < 1.29 is 19.0 Å². The van der Waals surface area contributed by atoms with E-state index in [9.17, 15) is 4.79 Å². The van der Waals surface area contributed by atoms with Crippen LogP contribution in [-0.4, -0.2) is 24.4 Å². The fourth-order valence-electron chi connectivity index (χ4n) is 3.93. The van der Waals surface area contributed by atoms with Crippen molar-refractivity contribution in [2.24, 2.45) is 0 Å². The Morgan fingerprint density at radius 2 is 2.00 bits per heavy atom. The highest BCUT2D eigenvalue weighted by Gasteiger charge is 2.27. The summed E-state index contributed by atoms with van der Waals surface area (Å²) in [7, 11) is 0. The van der Waals surface area contributed by atoms with E-state index >= 15 is 0 Å². The van der Waals surface area contributed by atoms with Crippen LogP contribution in [0.15, 0.2) is 54.1 Å². The Bertz CT molecular complexity index is 1230. The van der Waals surface area contributed by atoms with Crippen molar-refractivity contribution in [1.82, 2.24) is 4.98 Å². The Labute approximate surface area is 178 Å². The van der Waals surface area contributed by atoms with Crippen molar-refractivity contribution in [3.05, 3.63) is 76.5 Å². The van der Waals surface area contributed by atoms with Crippen molar-refractivity contribution in [3.63, 3.8) is 0 Å². The van der Waals surface area contributed by atoms with Gasteiger partial charge in [-0.25, -0.2) is 9.78 Å². The summed E-state index contributed by atoms with van der Waals surface area (Å²) in [5.41, 5.74) is 5.13. The number of fused-ring (bicyclic) bond motifs is 3. The second-order valence-corrected chi connectivity index (χ2v) is 7.74. The summed E-state index contributed by atoms with van der Waals surface area (Å²) in [5.74, 6) is 1.08. The van der Waals surface area contributed by atoms with E-state index in [0.717, 1.165) is 57.6 Å². The molecule has 3 aromatic rings.